The summed E-state index contributed by atoms with van der Waals surface area (Å²) >= 11 is 0. The molecule has 1 aromatic heterocycles. The van der Waals surface area contributed by atoms with Gasteiger partial charge in [-0.25, -0.2) is 4.98 Å². The fourth-order valence-electron chi connectivity index (χ4n) is 2.41. The lowest BCUT2D eigenvalue weighted by Gasteiger charge is -2.32. The zero-order valence-electron chi connectivity index (χ0n) is 11.9. The molecule has 0 radical (unpaired) electrons. The molecule has 2 N–H and O–H groups in total. The summed E-state index contributed by atoms with van der Waals surface area (Å²) in [6, 6.07) is 0.537. The third kappa shape index (κ3) is 3.53. The van der Waals surface area contributed by atoms with Crippen LogP contribution >= 0.6 is 0 Å². The van der Waals surface area contributed by atoms with Crippen LogP contribution in [0, 0.1) is 6.92 Å². The van der Waals surface area contributed by atoms with Crippen molar-refractivity contribution in [3.05, 3.63) is 11.6 Å². The number of aromatic nitrogens is 3. The quantitative estimate of drug-likeness (QED) is 0.855. The Morgan fingerprint density at radius 1 is 1.47 bits per heavy atom. The summed E-state index contributed by atoms with van der Waals surface area (Å²) in [5.74, 6) is 0.844. The molecule has 0 spiro atoms. The van der Waals surface area contributed by atoms with Crippen molar-refractivity contribution in [2.24, 2.45) is 0 Å². The number of rotatable bonds is 4. The molecule has 2 heterocycles. The first-order chi connectivity index (χ1) is 9.08. The number of hydrogen-bond acceptors (Lipinski definition) is 4. The standard InChI is InChI=1S/C13H23N5O/c1-9(2)18(8-11-6-4-5-7-14-11)13(19)12-15-10(3)16-17-12/h9,11,14H,4-8H2,1-3H3,(H,15,16,17). The van der Waals surface area contributed by atoms with Gasteiger partial charge in [-0.2, -0.15) is 0 Å². The van der Waals surface area contributed by atoms with Crippen molar-refractivity contribution in [2.45, 2.75) is 52.1 Å². The van der Waals surface area contributed by atoms with Gasteiger partial charge in [0.15, 0.2) is 0 Å². The van der Waals surface area contributed by atoms with Gasteiger partial charge in [-0.05, 0) is 40.2 Å². The van der Waals surface area contributed by atoms with E-state index in [9.17, 15) is 4.79 Å². The van der Waals surface area contributed by atoms with Crippen LogP contribution in [0.1, 0.15) is 49.6 Å². The molecule has 1 fully saturated rings. The minimum Gasteiger partial charge on any atom is -0.332 e. The number of carbonyl (C=O) groups is 1. The molecule has 6 nitrogen and oxygen atoms in total. The van der Waals surface area contributed by atoms with Crippen molar-refractivity contribution in [2.75, 3.05) is 13.1 Å². The summed E-state index contributed by atoms with van der Waals surface area (Å²) in [4.78, 5) is 18.4. The summed E-state index contributed by atoms with van der Waals surface area (Å²) in [6.45, 7) is 7.63. The monoisotopic (exact) mass is 265 g/mol. The molecule has 0 aromatic carbocycles. The van der Waals surface area contributed by atoms with Crippen LogP contribution < -0.4 is 5.32 Å². The van der Waals surface area contributed by atoms with Gasteiger partial charge in [0.1, 0.15) is 5.82 Å². The molecule has 1 atom stereocenters. The molecule has 0 bridgehead atoms. The van der Waals surface area contributed by atoms with Crippen LogP contribution in [0.25, 0.3) is 0 Å². The Bertz CT molecular complexity index is 422. The van der Waals surface area contributed by atoms with E-state index < -0.39 is 0 Å². The molecule has 19 heavy (non-hydrogen) atoms. The molecule has 6 heteroatoms. The summed E-state index contributed by atoms with van der Waals surface area (Å²) in [5, 5.41) is 10.2. The normalized spacial score (nSPS) is 19.7. The fourth-order valence-corrected chi connectivity index (χ4v) is 2.41. The zero-order chi connectivity index (χ0) is 13.8. The number of hydrogen-bond donors (Lipinski definition) is 2. The van der Waals surface area contributed by atoms with E-state index in [1.165, 1.54) is 12.8 Å². The summed E-state index contributed by atoms with van der Waals surface area (Å²) in [6.07, 6.45) is 3.59. The molecule has 1 aliphatic rings. The Kier molecular flexibility index (Phi) is 4.52. The van der Waals surface area contributed by atoms with Crippen LogP contribution in [0.4, 0.5) is 0 Å². The smallest absolute Gasteiger partial charge is 0.293 e. The van der Waals surface area contributed by atoms with Crippen LogP contribution in [-0.4, -0.2) is 51.2 Å². The number of aromatic amines is 1. The molecule has 1 unspecified atom stereocenters. The highest BCUT2D eigenvalue weighted by Gasteiger charge is 2.25. The average molecular weight is 265 g/mol. The second kappa shape index (κ2) is 6.14. The van der Waals surface area contributed by atoms with Gasteiger partial charge in [0, 0.05) is 18.6 Å². The Morgan fingerprint density at radius 3 is 2.79 bits per heavy atom. The van der Waals surface area contributed by atoms with Gasteiger partial charge in [0.05, 0.1) is 0 Å². The van der Waals surface area contributed by atoms with Gasteiger partial charge in [-0.3, -0.25) is 9.89 Å². The van der Waals surface area contributed by atoms with E-state index in [2.05, 4.69) is 20.5 Å². The molecule has 0 saturated carbocycles. The van der Waals surface area contributed by atoms with E-state index in [-0.39, 0.29) is 17.8 Å². The number of aryl methyl sites for hydroxylation is 1. The van der Waals surface area contributed by atoms with Crippen molar-refractivity contribution in [1.29, 1.82) is 0 Å². The maximum atomic E-state index is 12.4. The van der Waals surface area contributed by atoms with Crippen molar-refractivity contribution >= 4 is 5.91 Å². The van der Waals surface area contributed by atoms with E-state index in [4.69, 9.17) is 0 Å². The van der Waals surface area contributed by atoms with Gasteiger partial charge >= 0.3 is 0 Å². The predicted molar refractivity (Wildman–Crippen MR) is 72.9 cm³/mol. The number of piperidine rings is 1. The predicted octanol–water partition coefficient (Wildman–Crippen LogP) is 1.11. The molecular formula is C13H23N5O. The second-order valence-corrected chi connectivity index (χ2v) is 5.44. The number of amides is 1. The first-order valence-electron chi connectivity index (χ1n) is 7.01. The van der Waals surface area contributed by atoms with E-state index in [1.54, 1.807) is 6.92 Å². The van der Waals surface area contributed by atoms with E-state index in [0.29, 0.717) is 11.9 Å². The van der Waals surface area contributed by atoms with Crippen LogP contribution in [0.15, 0.2) is 0 Å². The van der Waals surface area contributed by atoms with Crippen LogP contribution in [0.3, 0.4) is 0 Å². The number of H-pyrrole nitrogens is 1. The van der Waals surface area contributed by atoms with Gasteiger partial charge < -0.3 is 10.2 Å². The van der Waals surface area contributed by atoms with Crippen molar-refractivity contribution in [3.8, 4) is 0 Å². The van der Waals surface area contributed by atoms with E-state index >= 15 is 0 Å². The summed E-state index contributed by atoms with van der Waals surface area (Å²) in [5.41, 5.74) is 0. The lowest BCUT2D eigenvalue weighted by Crippen LogP contribution is -2.48. The summed E-state index contributed by atoms with van der Waals surface area (Å²) in [7, 11) is 0. The van der Waals surface area contributed by atoms with Crippen molar-refractivity contribution < 1.29 is 4.79 Å². The highest BCUT2D eigenvalue weighted by molar-refractivity contribution is 5.90. The SMILES string of the molecule is Cc1nc(C(=O)N(CC2CCCCN2)C(C)C)n[nH]1. The van der Waals surface area contributed by atoms with Crippen LogP contribution in [-0.2, 0) is 0 Å². The topological polar surface area (TPSA) is 73.9 Å². The molecule has 1 aromatic rings. The minimum atomic E-state index is -0.0910. The third-order valence-corrected chi connectivity index (χ3v) is 3.50. The largest absolute Gasteiger partial charge is 0.332 e. The Balaban J connectivity index is 2.04. The lowest BCUT2D eigenvalue weighted by atomic mass is 10.0. The zero-order valence-corrected chi connectivity index (χ0v) is 11.9. The molecular weight excluding hydrogens is 242 g/mol. The van der Waals surface area contributed by atoms with Gasteiger partial charge in [0.25, 0.3) is 5.91 Å². The van der Waals surface area contributed by atoms with Gasteiger partial charge in [0.2, 0.25) is 5.82 Å². The van der Waals surface area contributed by atoms with Gasteiger partial charge in [-0.15, -0.1) is 5.10 Å². The Hall–Kier alpha value is -1.43. The minimum absolute atomic E-state index is 0.0910. The van der Waals surface area contributed by atoms with Crippen molar-refractivity contribution in [3.63, 3.8) is 0 Å². The number of nitrogens with one attached hydrogen (secondary N) is 2. The first kappa shape index (κ1) is 14.0. The highest BCUT2D eigenvalue weighted by atomic mass is 16.2. The maximum absolute atomic E-state index is 12.4. The van der Waals surface area contributed by atoms with Gasteiger partial charge in [-0.1, -0.05) is 6.42 Å². The molecule has 0 aliphatic carbocycles. The van der Waals surface area contributed by atoms with E-state index in [0.717, 1.165) is 19.5 Å². The maximum Gasteiger partial charge on any atom is 0.293 e. The molecule has 106 valence electrons. The second-order valence-electron chi connectivity index (χ2n) is 5.44. The number of nitrogens with zero attached hydrogens (tertiary/aromatic N) is 3. The third-order valence-electron chi connectivity index (χ3n) is 3.50. The average Bonchev–Trinajstić information content (AvgIpc) is 2.83. The lowest BCUT2D eigenvalue weighted by molar-refractivity contribution is 0.0664. The Labute approximate surface area is 114 Å². The summed E-state index contributed by atoms with van der Waals surface area (Å²) < 4.78 is 0. The molecule has 1 aliphatic heterocycles. The Morgan fingerprint density at radius 2 is 2.26 bits per heavy atom. The first-order valence-corrected chi connectivity index (χ1v) is 7.01. The number of carbonyl (C=O) groups excluding carboxylic acids is 1. The molecule has 1 amide bonds. The van der Waals surface area contributed by atoms with Crippen molar-refractivity contribution in [1.82, 2.24) is 25.4 Å². The molecule has 1 saturated heterocycles. The van der Waals surface area contributed by atoms with Crippen LogP contribution in [0.5, 0.6) is 0 Å². The van der Waals surface area contributed by atoms with Crippen LogP contribution in [0.2, 0.25) is 0 Å². The highest BCUT2D eigenvalue weighted by Crippen LogP contribution is 2.12. The fraction of sp³-hybridized carbons (Fsp3) is 0.769. The van der Waals surface area contributed by atoms with E-state index in [1.807, 2.05) is 18.7 Å². The molecule has 2 rings (SSSR count).